The Kier molecular flexibility index (Phi) is 8.54. The maximum absolute atomic E-state index is 13.4. The van der Waals surface area contributed by atoms with Crippen molar-refractivity contribution in [2.75, 3.05) is 27.2 Å². The van der Waals surface area contributed by atoms with Crippen molar-refractivity contribution in [1.82, 2.24) is 15.1 Å². The number of carbonyl (C=O) groups is 2. The van der Waals surface area contributed by atoms with Crippen LogP contribution < -0.4 is 11.1 Å². The van der Waals surface area contributed by atoms with Gasteiger partial charge in [-0.15, -0.1) is 0 Å². The second-order valence-corrected chi connectivity index (χ2v) is 11.9. The highest BCUT2D eigenvalue weighted by Gasteiger charge is 2.48. The summed E-state index contributed by atoms with van der Waals surface area (Å²) in [5.74, 6) is 2.81. The molecule has 0 radical (unpaired) electrons. The Balaban J connectivity index is 1.40. The van der Waals surface area contributed by atoms with Crippen LogP contribution in [0.1, 0.15) is 83.5 Å². The van der Waals surface area contributed by atoms with E-state index in [1.807, 2.05) is 14.1 Å². The van der Waals surface area contributed by atoms with Crippen LogP contribution in [0.4, 0.5) is 0 Å². The second-order valence-electron chi connectivity index (χ2n) is 11.9. The van der Waals surface area contributed by atoms with Crippen molar-refractivity contribution in [3.63, 3.8) is 0 Å². The third kappa shape index (κ3) is 5.95. The van der Waals surface area contributed by atoms with Gasteiger partial charge in [0.2, 0.25) is 11.8 Å². The molecule has 3 aliphatic carbocycles. The Morgan fingerprint density at radius 3 is 2.24 bits per heavy atom. The lowest BCUT2D eigenvalue weighted by Gasteiger charge is -2.40. The van der Waals surface area contributed by atoms with Crippen molar-refractivity contribution >= 4 is 17.6 Å². The van der Waals surface area contributed by atoms with Gasteiger partial charge in [-0.25, -0.2) is 0 Å². The van der Waals surface area contributed by atoms with Gasteiger partial charge in [-0.1, -0.05) is 19.3 Å². The highest BCUT2D eigenvalue weighted by Crippen LogP contribution is 2.43. The first-order valence-electron chi connectivity index (χ1n) is 13.9. The van der Waals surface area contributed by atoms with Gasteiger partial charge in [-0.3, -0.25) is 19.9 Å². The lowest BCUT2D eigenvalue weighted by molar-refractivity contribution is -0.134. The van der Waals surface area contributed by atoms with E-state index < -0.39 is 0 Å². The molecule has 2 amide bonds. The van der Waals surface area contributed by atoms with E-state index in [2.05, 4.69) is 10.2 Å². The van der Waals surface area contributed by atoms with Crippen LogP contribution in [0.15, 0.2) is 0 Å². The van der Waals surface area contributed by atoms with E-state index in [9.17, 15) is 9.59 Å². The summed E-state index contributed by atoms with van der Waals surface area (Å²) in [7, 11) is 3.70. The molecule has 1 heterocycles. The fraction of sp³-hybridized carbons (Fsp3) is 0.889. The quantitative estimate of drug-likeness (QED) is 0.390. The average Bonchev–Trinajstić information content (AvgIpc) is 3.20. The molecule has 0 bridgehead atoms. The molecule has 7 nitrogen and oxygen atoms in total. The smallest absolute Gasteiger partial charge is 0.237 e. The summed E-state index contributed by atoms with van der Waals surface area (Å²) in [6.07, 6.45) is 14.4. The molecule has 4 fully saturated rings. The molecule has 4 N–H and O–H groups in total. The Morgan fingerprint density at radius 2 is 1.59 bits per heavy atom. The van der Waals surface area contributed by atoms with Crippen LogP contribution in [0.5, 0.6) is 0 Å². The minimum Gasteiger partial charge on any atom is -0.387 e. The van der Waals surface area contributed by atoms with E-state index in [4.69, 9.17) is 11.1 Å². The van der Waals surface area contributed by atoms with Crippen molar-refractivity contribution in [2.24, 2.45) is 35.3 Å². The van der Waals surface area contributed by atoms with E-state index in [0.29, 0.717) is 29.6 Å². The first-order valence-corrected chi connectivity index (χ1v) is 13.9. The van der Waals surface area contributed by atoms with Gasteiger partial charge in [-0.2, -0.15) is 0 Å². The van der Waals surface area contributed by atoms with Crippen LogP contribution in [0, 0.1) is 35.0 Å². The molecule has 4 unspecified atom stereocenters. The largest absolute Gasteiger partial charge is 0.387 e. The van der Waals surface area contributed by atoms with Crippen molar-refractivity contribution < 1.29 is 9.59 Å². The molecule has 3 saturated carbocycles. The molecule has 0 spiro atoms. The Bertz CT molecular complexity index is 727. The summed E-state index contributed by atoms with van der Waals surface area (Å²) in [6.45, 7) is 1.77. The summed E-state index contributed by atoms with van der Waals surface area (Å²) >= 11 is 0. The van der Waals surface area contributed by atoms with E-state index in [0.717, 1.165) is 64.5 Å². The lowest BCUT2D eigenvalue weighted by atomic mass is 9.77. The maximum Gasteiger partial charge on any atom is 0.237 e. The van der Waals surface area contributed by atoms with Crippen molar-refractivity contribution in [3.05, 3.63) is 0 Å². The highest BCUT2D eigenvalue weighted by molar-refractivity contribution is 5.82. The number of amidine groups is 1. The summed E-state index contributed by atoms with van der Waals surface area (Å²) in [6, 6.07) is 0.305. The van der Waals surface area contributed by atoms with E-state index >= 15 is 0 Å². The zero-order valence-electron chi connectivity index (χ0n) is 21.4. The van der Waals surface area contributed by atoms with Gasteiger partial charge >= 0.3 is 0 Å². The molecule has 4 atom stereocenters. The van der Waals surface area contributed by atoms with Crippen molar-refractivity contribution in [1.29, 1.82) is 5.41 Å². The van der Waals surface area contributed by atoms with Gasteiger partial charge in [0.15, 0.2) is 0 Å². The molecule has 4 rings (SSSR count). The number of hydrogen-bond donors (Lipinski definition) is 3. The van der Waals surface area contributed by atoms with E-state index in [1.54, 1.807) is 4.90 Å². The first-order chi connectivity index (χ1) is 16.3. The van der Waals surface area contributed by atoms with Crippen LogP contribution in [0.2, 0.25) is 0 Å². The molecule has 192 valence electrons. The number of nitrogens with zero attached hydrogens (tertiary/aromatic N) is 2. The first kappa shape index (κ1) is 25.5. The minimum atomic E-state index is -0.0505. The zero-order valence-corrected chi connectivity index (χ0v) is 21.4. The molecule has 0 aromatic rings. The van der Waals surface area contributed by atoms with Gasteiger partial charge in [0.05, 0.1) is 11.9 Å². The van der Waals surface area contributed by atoms with Crippen molar-refractivity contribution in [3.8, 4) is 0 Å². The molecule has 0 aromatic heterocycles. The summed E-state index contributed by atoms with van der Waals surface area (Å²) in [4.78, 5) is 30.1. The van der Waals surface area contributed by atoms with Gasteiger partial charge in [0.1, 0.15) is 0 Å². The normalized spacial score (nSPS) is 34.9. The highest BCUT2D eigenvalue weighted by atomic mass is 16.2. The number of hydrogen-bond acceptors (Lipinski definition) is 4. The monoisotopic (exact) mass is 473 g/mol. The minimum absolute atomic E-state index is 0.0505. The molecular weight excluding hydrogens is 426 g/mol. The predicted molar refractivity (Wildman–Crippen MR) is 135 cm³/mol. The van der Waals surface area contributed by atoms with Crippen molar-refractivity contribution in [2.45, 2.75) is 95.6 Å². The maximum atomic E-state index is 13.4. The van der Waals surface area contributed by atoms with Gasteiger partial charge in [-0.05, 0) is 82.0 Å². The van der Waals surface area contributed by atoms with Crippen LogP contribution in [0.25, 0.3) is 0 Å². The van der Waals surface area contributed by atoms with E-state index in [-0.39, 0.29) is 29.7 Å². The Hall–Kier alpha value is -1.63. The number of nitrogens with two attached hydrogens (primary N) is 1. The SMILES string of the molecule is CN(C)C(=O)C1CCC(CN2C(C(=O)NCC3CCCCC3)CC3CCC(C(=N)N)CC32)CC1. The fourth-order valence-electron chi connectivity index (χ4n) is 7.36. The molecular formula is C27H47N5O2. The number of likely N-dealkylation sites (tertiary alicyclic amines) is 1. The number of rotatable bonds is 7. The number of carbonyl (C=O) groups excluding carboxylic acids is 2. The second kappa shape index (κ2) is 11.4. The standard InChI is InChI=1S/C27H47N5O2/c1-31(2)27(34)20-10-8-19(9-11-20)17-32-23-15-22(25(28)29)13-12-21(23)14-24(32)26(33)30-16-18-6-4-3-5-7-18/h18-24H,3-17H2,1-2H3,(H3,28,29)(H,30,33). The number of amides is 2. The molecule has 0 aromatic carbocycles. The third-order valence-corrected chi connectivity index (χ3v) is 9.45. The molecule has 7 heteroatoms. The average molecular weight is 474 g/mol. The summed E-state index contributed by atoms with van der Waals surface area (Å²) in [5.41, 5.74) is 5.92. The molecule has 4 aliphatic rings. The number of nitrogens with one attached hydrogen (secondary N) is 2. The third-order valence-electron chi connectivity index (χ3n) is 9.45. The lowest BCUT2D eigenvalue weighted by Crippen LogP contribution is -2.50. The molecule has 34 heavy (non-hydrogen) atoms. The summed E-state index contributed by atoms with van der Waals surface area (Å²) in [5, 5.41) is 11.4. The van der Waals surface area contributed by atoms with Crippen LogP contribution in [0.3, 0.4) is 0 Å². The van der Waals surface area contributed by atoms with Crippen LogP contribution in [-0.4, -0.2) is 66.7 Å². The predicted octanol–water partition coefficient (Wildman–Crippen LogP) is 3.37. The molecule has 1 saturated heterocycles. The zero-order chi connectivity index (χ0) is 24.2. The molecule has 1 aliphatic heterocycles. The van der Waals surface area contributed by atoms with Crippen LogP contribution >= 0.6 is 0 Å². The van der Waals surface area contributed by atoms with Gasteiger partial charge in [0.25, 0.3) is 0 Å². The van der Waals surface area contributed by atoms with Gasteiger partial charge in [0, 0.05) is 45.1 Å². The number of fused-ring (bicyclic) bond motifs is 1. The topological polar surface area (TPSA) is 103 Å². The fourth-order valence-corrected chi connectivity index (χ4v) is 7.36. The van der Waals surface area contributed by atoms with Crippen LogP contribution in [-0.2, 0) is 9.59 Å². The Morgan fingerprint density at radius 1 is 0.912 bits per heavy atom. The summed E-state index contributed by atoms with van der Waals surface area (Å²) < 4.78 is 0. The van der Waals surface area contributed by atoms with Gasteiger partial charge < -0.3 is 16.0 Å². The Labute approximate surface area is 206 Å². The van der Waals surface area contributed by atoms with E-state index in [1.165, 1.54) is 32.1 Å².